The van der Waals surface area contributed by atoms with Gasteiger partial charge in [0.2, 0.25) is 0 Å². The molecule has 0 amide bonds. The van der Waals surface area contributed by atoms with Gasteiger partial charge in [-0.2, -0.15) is 0 Å². The fraction of sp³-hybridized carbons (Fsp3) is 0.471. The Morgan fingerprint density at radius 2 is 2.10 bits per heavy atom. The van der Waals surface area contributed by atoms with Crippen LogP contribution in [0.25, 0.3) is 10.9 Å². The average molecular weight is 289 g/mol. The van der Waals surface area contributed by atoms with Gasteiger partial charge in [0, 0.05) is 35.2 Å². The fourth-order valence-corrected chi connectivity index (χ4v) is 3.07. The number of benzene rings is 1. The molecule has 20 heavy (non-hydrogen) atoms. The highest BCUT2D eigenvalue weighted by atomic mass is 35.5. The molecule has 1 aliphatic carbocycles. The smallest absolute Gasteiger partial charge is 0.0726 e. The predicted octanol–water partition coefficient (Wildman–Crippen LogP) is 4.53. The molecule has 1 aliphatic rings. The molecule has 0 unspecified atom stereocenters. The van der Waals surface area contributed by atoms with E-state index < -0.39 is 0 Å². The summed E-state index contributed by atoms with van der Waals surface area (Å²) >= 11 is 5.91. The Balaban J connectivity index is 2.04. The Kier molecular flexibility index (Phi) is 4.11. The number of halogens is 1. The molecule has 3 heteroatoms. The zero-order chi connectivity index (χ0) is 13.9. The minimum Gasteiger partial charge on any atom is -0.368 e. The van der Waals surface area contributed by atoms with Crippen molar-refractivity contribution in [3.63, 3.8) is 0 Å². The van der Waals surface area contributed by atoms with Crippen LogP contribution in [0, 0.1) is 6.92 Å². The summed E-state index contributed by atoms with van der Waals surface area (Å²) in [7, 11) is 0. The minimum atomic E-state index is 0.684. The third-order valence-electron chi connectivity index (χ3n) is 4.18. The zero-order valence-corrected chi connectivity index (χ0v) is 12.7. The summed E-state index contributed by atoms with van der Waals surface area (Å²) < 4.78 is 0. The Morgan fingerprint density at radius 1 is 1.30 bits per heavy atom. The number of nitrogens with zero attached hydrogens (tertiary/aromatic N) is 2. The van der Waals surface area contributed by atoms with E-state index in [1.54, 1.807) is 0 Å². The molecule has 1 aromatic heterocycles. The minimum absolute atomic E-state index is 0.684. The van der Waals surface area contributed by atoms with Gasteiger partial charge < -0.3 is 4.90 Å². The highest BCUT2D eigenvalue weighted by Gasteiger charge is 2.26. The number of aromatic nitrogens is 1. The number of pyridine rings is 1. The first-order valence-electron chi connectivity index (χ1n) is 7.48. The molecule has 2 nitrogen and oxygen atoms in total. The second-order valence-electron chi connectivity index (χ2n) is 5.62. The van der Waals surface area contributed by atoms with Crippen molar-refractivity contribution in [3.8, 4) is 0 Å². The van der Waals surface area contributed by atoms with Crippen LogP contribution in [0.15, 0.2) is 30.3 Å². The molecular weight excluding hydrogens is 268 g/mol. The van der Waals surface area contributed by atoms with Crippen LogP contribution in [0.3, 0.4) is 0 Å². The van der Waals surface area contributed by atoms with E-state index in [2.05, 4.69) is 47.1 Å². The summed E-state index contributed by atoms with van der Waals surface area (Å²) in [5, 5.41) is 1.26. The molecule has 0 N–H and O–H groups in total. The van der Waals surface area contributed by atoms with Crippen molar-refractivity contribution < 1.29 is 0 Å². The van der Waals surface area contributed by atoms with E-state index in [0.29, 0.717) is 6.04 Å². The maximum Gasteiger partial charge on any atom is 0.0726 e. The molecule has 0 bridgehead atoms. The van der Waals surface area contributed by atoms with E-state index in [9.17, 15) is 0 Å². The first-order valence-corrected chi connectivity index (χ1v) is 8.02. The number of rotatable bonds is 5. The van der Waals surface area contributed by atoms with Crippen LogP contribution in [-0.4, -0.2) is 23.5 Å². The average Bonchev–Trinajstić information content (AvgIpc) is 2.40. The monoisotopic (exact) mass is 288 g/mol. The van der Waals surface area contributed by atoms with Crippen molar-refractivity contribution in [1.82, 2.24) is 4.98 Å². The highest BCUT2D eigenvalue weighted by Crippen LogP contribution is 2.34. The number of hydrogen-bond donors (Lipinski definition) is 0. The van der Waals surface area contributed by atoms with Gasteiger partial charge in [0.1, 0.15) is 0 Å². The summed E-state index contributed by atoms with van der Waals surface area (Å²) in [5.41, 5.74) is 3.52. The number of aryl methyl sites for hydroxylation is 1. The number of hydrogen-bond acceptors (Lipinski definition) is 2. The molecule has 1 saturated carbocycles. The predicted molar refractivity (Wildman–Crippen MR) is 86.8 cm³/mol. The topological polar surface area (TPSA) is 16.1 Å². The molecular formula is C17H21ClN2. The molecule has 2 aromatic rings. The summed E-state index contributed by atoms with van der Waals surface area (Å²) in [6.07, 6.45) is 4.99. The van der Waals surface area contributed by atoms with Crippen LogP contribution in [0.2, 0.25) is 0 Å². The molecule has 1 aromatic carbocycles. The third-order valence-corrected chi connectivity index (χ3v) is 4.45. The zero-order valence-electron chi connectivity index (χ0n) is 12.0. The van der Waals surface area contributed by atoms with E-state index in [-0.39, 0.29) is 0 Å². The van der Waals surface area contributed by atoms with E-state index >= 15 is 0 Å². The summed E-state index contributed by atoms with van der Waals surface area (Å²) in [6.45, 7) is 3.12. The first-order chi connectivity index (χ1) is 9.79. The number of anilines is 1. The summed E-state index contributed by atoms with van der Waals surface area (Å²) in [5.74, 6) is 0.727. The lowest BCUT2D eigenvalue weighted by molar-refractivity contribution is 0.386. The molecule has 1 fully saturated rings. The van der Waals surface area contributed by atoms with Gasteiger partial charge in [-0.25, -0.2) is 0 Å². The molecule has 0 saturated heterocycles. The van der Waals surface area contributed by atoms with Gasteiger partial charge in [-0.1, -0.05) is 18.2 Å². The number of alkyl halides is 1. The highest BCUT2D eigenvalue weighted by molar-refractivity contribution is 6.17. The Bertz CT molecular complexity index is 593. The van der Waals surface area contributed by atoms with Gasteiger partial charge >= 0.3 is 0 Å². The van der Waals surface area contributed by atoms with Crippen molar-refractivity contribution in [1.29, 1.82) is 0 Å². The second-order valence-corrected chi connectivity index (χ2v) is 6.00. The van der Waals surface area contributed by atoms with Gasteiger partial charge in [-0.05, 0) is 44.7 Å². The summed E-state index contributed by atoms with van der Waals surface area (Å²) in [4.78, 5) is 7.21. The van der Waals surface area contributed by atoms with Gasteiger partial charge in [-0.15, -0.1) is 11.6 Å². The van der Waals surface area contributed by atoms with Gasteiger partial charge in [-0.3, -0.25) is 4.98 Å². The quantitative estimate of drug-likeness (QED) is 0.752. The molecule has 0 spiro atoms. The molecule has 0 radical (unpaired) electrons. The molecule has 0 aliphatic heterocycles. The van der Waals surface area contributed by atoms with E-state index in [1.807, 2.05) is 0 Å². The maximum absolute atomic E-state index is 5.91. The Labute approximate surface area is 125 Å². The van der Waals surface area contributed by atoms with Crippen LogP contribution in [0.5, 0.6) is 0 Å². The fourth-order valence-electron chi connectivity index (χ4n) is 2.95. The van der Waals surface area contributed by atoms with Crippen LogP contribution in [-0.2, 0) is 0 Å². The summed E-state index contributed by atoms with van der Waals surface area (Å²) in [6, 6.07) is 11.4. The molecule has 1 heterocycles. The lowest BCUT2D eigenvalue weighted by atomic mass is 9.90. The van der Waals surface area contributed by atoms with Crippen molar-refractivity contribution in [2.45, 2.75) is 38.6 Å². The standard InChI is InChI=1S/C17H21ClN2/c1-13-12-17(15-8-2-3-9-16(15)19-13)20(11-5-10-18)14-6-4-7-14/h2-3,8-9,12,14H,4-7,10-11H2,1H3. The normalized spacial score (nSPS) is 15.3. The Hall–Kier alpha value is -1.28. The number of fused-ring (bicyclic) bond motifs is 1. The van der Waals surface area contributed by atoms with Crippen molar-refractivity contribution in [2.24, 2.45) is 0 Å². The lowest BCUT2D eigenvalue weighted by Crippen LogP contribution is -2.41. The largest absolute Gasteiger partial charge is 0.368 e. The van der Waals surface area contributed by atoms with Crippen molar-refractivity contribution in [3.05, 3.63) is 36.0 Å². The van der Waals surface area contributed by atoms with Gasteiger partial charge in [0.05, 0.1) is 5.52 Å². The van der Waals surface area contributed by atoms with Crippen LogP contribution >= 0.6 is 11.6 Å². The second kappa shape index (κ2) is 6.01. The van der Waals surface area contributed by atoms with Gasteiger partial charge in [0.15, 0.2) is 0 Å². The lowest BCUT2D eigenvalue weighted by Gasteiger charge is -2.40. The maximum atomic E-state index is 5.91. The Morgan fingerprint density at radius 3 is 2.80 bits per heavy atom. The SMILES string of the molecule is Cc1cc(N(CCCCl)C2CCC2)c2ccccc2n1. The first kappa shape index (κ1) is 13.7. The number of para-hydroxylation sites is 1. The van der Waals surface area contributed by atoms with Crippen LogP contribution in [0.4, 0.5) is 5.69 Å². The molecule has 0 atom stereocenters. The van der Waals surface area contributed by atoms with Gasteiger partial charge in [0.25, 0.3) is 0 Å². The van der Waals surface area contributed by atoms with Crippen molar-refractivity contribution >= 4 is 28.2 Å². The van der Waals surface area contributed by atoms with Crippen LogP contribution < -0.4 is 4.90 Å². The molecule has 106 valence electrons. The van der Waals surface area contributed by atoms with Crippen molar-refractivity contribution in [2.75, 3.05) is 17.3 Å². The van der Waals surface area contributed by atoms with Crippen LogP contribution in [0.1, 0.15) is 31.4 Å². The van der Waals surface area contributed by atoms with E-state index in [4.69, 9.17) is 11.6 Å². The third kappa shape index (κ3) is 2.62. The van der Waals surface area contributed by atoms with E-state index in [1.165, 1.54) is 30.3 Å². The van der Waals surface area contributed by atoms with E-state index in [0.717, 1.165) is 30.1 Å². The molecule has 3 rings (SSSR count).